The summed E-state index contributed by atoms with van der Waals surface area (Å²) < 4.78 is 5.52. The van der Waals surface area contributed by atoms with Gasteiger partial charge in [-0.1, -0.05) is 13.3 Å². The van der Waals surface area contributed by atoms with E-state index in [0.29, 0.717) is 17.9 Å². The van der Waals surface area contributed by atoms with Gasteiger partial charge in [0.2, 0.25) is 0 Å². The largest absolute Gasteiger partial charge is 0.398 e. The Morgan fingerprint density at radius 2 is 2.25 bits per heavy atom. The van der Waals surface area contributed by atoms with Gasteiger partial charge in [0.1, 0.15) is 6.10 Å². The summed E-state index contributed by atoms with van der Waals surface area (Å²) in [5.74, 6) is 0. The fraction of sp³-hybridized carbons (Fsp3) is 0.583. The van der Waals surface area contributed by atoms with Crippen molar-refractivity contribution in [1.82, 2.24) is 4.98 Å². The summed E-state index contributed by atoms with van der Waals surface area (Å²) >= 11 is 0. The monoisotopic (exact) mass is 224 g/mol. The molecule has 16 heavy (non-hydrogen) atoms. The van der Waals surface area contributed by atoms with Gasteiger partial charge in [0.05, 0.1) is 6.10 Å². The molecule has 0 aromatic carbocycles. The summed E-state index contributed by atoms with van der Waals surface area (Å²) in [6, 6.07) is 1.69. The Morgan fingerprint density at radius 3 is 2.81 bits per heavy atom. The van der Waals surface area contributed by atoms with Gasteiger partial charge in [-0.2, -0.15) is 0 Å². The first kappa shape index (κ1) is 12.9. The lowest BCUT2D eigenvalue weighted by Crippen LogP contribution is -2.23. The molecule has 0 aliphatic carbocycles. The molecule has 1 heterocycles. The molecule has 0 aliphatic heterocycles. The van der Waals surface area contributed by atoms with Crippen molar-refractivity contribution in [2.24, 2.45) is 0 Å². The van der Waals surface area contributed by atoms with Crippen LogP contribution in [0.1, 0.15) is 38.4 Å². The van der Waals surface area contributed by atoms with Crippen LogP contribution >= 0.6 is 0 Å². The quantitative estimate of drug-likeness (QED) is 0.774. The second-order valence-electron chi connectivity index (χ2n) is 3.73. The Morgan fingerprint density at radius 1 is 1.50 bits per heavy atom. The molecule has 3 N–H and O–H groups in total. The first-order valence-corrected chi connectivity index (χ1v) is 5.69. The van der Waals surface area contributed by atoms with Crippen LogP contribution in [0.3, 0.4) is 0 Å². The minimum Gasteiger partial charge on any atom is -0.398 e. The molecule has 0 radical (unpaired) electrons. The second-order valence-corrected chi connectivity index (χ2v) is 3.73. The molecule has 0 spiro atoms. The third-order valence-electron chi connectivity index (χ3n) is 2.51. The van der Waals surface area contributed by atoms with E-state index in [2.05, 4.69) is 11.9 Å². The van der Waals surface area contributed by atoms with Crippen molar-refractivity contribution in [3.05, 3.63) is 24.0 Å². The molecule has 1 aromatic rings. The van der Waals surface area contributed by atoms with Crippen LogP contribution in [-0.2, 0) is 4.74 Å². The first-order chi connectivity index (χ1) is 7.70. The molecule has 0 bridgehead atoms. The lowest BCUT2D eigenvalue weighted by atomic mass is 10.0. The molecule has 90 valence electrons. The van der Waals surface area contributed by atoms with Gasteiger partial charge < -0.3 is 15.6 Å². The van der Waals surface area contributed by atoms with E-state index < -0.39 is 6.10 Å². The summed E-state index contributed by atoms with van der Waals surface area (Å²) in [6.07, 6.45) is 4.07. The van der Waals surface area contributed by atoms with E-state index in [9.17, 15) is 5.11 Å². The van der Waals surface area contributed by atoms with E-state index >= 15 is 0 Å². The molecular weight excluding hydrogens is 204 g/mol. The molecule has 2 atom stereocenters. The zero-order valence-electron chi connectivity index (χ0n) is 9.89. The summed E-state index contributed by atoms with van der Waals surface area (Å²) in [4.78, 5) is 3.97. The van der Waals surface area contributed by atoms with Crippen LogP contribution in [0.15, 0.2) is 18.5 Å². The predicted octanol–water partition coefficient (Wildman–Crippen LogP) is 1.90. The number of aliphatic hydroxyl groups is 1. The van der Waals surface area contributed by atoms with Crippen molar-refractivity contribution in [1.29, 1.82) is 0 Å². The maximum Gasteiger partial charge on any atom is 0.109 e. The lowest BCUT2D eigenvalue weighted by Gasteiger charge is -2.23. The van der Waals surface area contributed by atoms with Crippen molar-refractivity contribution >= 4 is 5.69 Å². The fourth-order valence-electron chi connectivity index (χ4n) is 1.70. The van der Waals surface area contributed by atoms with Crippen molar-refractivity contribution < 1.29 is 9.84 Å². The highest BCUT2D eigenvalue weighted by Gasteiger charge is 2.22. The molecule has 0 aliphatic rings. The van der Waals surface area contributed by atoms with E-state index in [4.69, 9.17) is 10.5 Å². The normalized spacial score (nSPS) is 14.7. The van der Waals surface area contributed by atoms with Crippen LogP contribution in [0.25, 0.3) is 0 Å². The standard InChI is InChI=1S/C12H20N2O2/c1-3-5-11(16-4-2)12(15)9-8-14-7-6-10(9)13/h6-8,11-12,15H,3-5H2,1-2H3,(H2,13,14). The molecule has 1 rings (SSSR count). The zero-order chi connectivity index (χ0) is 12.0. The average Bonchev–Trinajstić information content (AvgIpc) is 2.28. The van der Waals surface area contributed by atoms with Crippen molar-refractivity contribution in [3.63, 3.8) is 0 Å². The highest BCUT2D eigenvalue weighted by Crippen LogP contribution is 2.26. The minimum absolute atomic E-state index is 0.207. The highest BCUT2D eigenvalue weighted by molar-refractivity contribution is 5.45. The van der Waals surface area contributed by atoms with Gasteiger partial charge in [0.25, 0.3) is 0 Å². The average molecular weight is 224 g/mol. The number of rotatable bonds is 6. The van der Waals surface area contributed by atoms with Gasteiger partial charge in [0, 0.05) is 30.3 Å². The van der Waals surface area contributed by atoms with Gasteiger partial charge >= 0.3 is 0 Å². The van der Waals surface area contributed by atoms with Crippen LogP contribution in [0.5, 0.6) is 0 Å². The number of nitrogens with two attached hydrogens (primary N) is 1. The molecule has 0 amide bonds. The molecule has 2 unspecified atom stereocenters. The van der Waals surface area contributed by atoms with Crippen molar-refractivity contribution in [3.8, 4) is 0 Å². The Hall–Kier alpha value is -1.13. The third-order valence-corrected chi connectivity index (χ3v) is 2.51. The topological polar surface area (TPSA) is 68.4 Å². The van der Waals surface area contributed by atoms with Crippen LogP contribution in [0.4, 0.5) is 5.69 Å². The number of anilines is 1. The van der Waals surface area contributed by atoms with Gasteiger partial charge in [-0.05, 0) is 19.4 Å². The minimum atomic E-state index is -0.700. The number of hydrogen-bond acceptors (Lipinski definition) is 4. The molecule has 0 fully saturated rings. The van der Waals surface area contributed by atoms with Crippen LogP contribution in [0.2, 0.25) is 0 Å². The van der Waals surface area contributed by atoms with E-state index in [1.54, 1.807) is 18.5 Å². The summed E-state index contributed by atoms with van der Waals surface area (Å²) in [5.41, 5.74) is 7.00. The number of hydrogen-bond donors (Lipinski definition) is 2. The van der Waals surface area contributed by atoms with E-state index in [0.717, 1.165) is 12.8 Å². The van der Waals surface area contributed by atoms with Gasteiger partial charge in [-0.15, -0.1) is 0 Å². The maximum absolute atomic E-state index is 10.2. The fourth-order valence-corrected chi connectivity index (χ4v) is 1.70. The number of nitrogens with zero attached hydrogens (tertiary/aromatic N) is 1. The Kier molecular flexibility index (Phi) is 5.22. The smallest absolute Gasteiger partial charge is 0.109 e. The Bertz CT molecular complexity index is 312. The van der Waals surface area contributed by atoms with E-state index in [1.807, 2.05) is 6.92 Å². The number of pyridine rings is 1. The van der Waals surface area contributed by atoms with Crippen molar-refractivity contribution in [2.45, 2.75) is 38.9 Å². The molecule has 4 heteroatoms. The van der Waals surface area contributed by atoms with Crippen LogP contribution in [0, 0.1) is 0 Å². The number of nitrogen functional groups attached to an aromatic ring is 1. The predicted molar refractivity (Wildman–Crippen MR) is 63.9 cm³/mol. The highest BCUT2D eigenvalue weighted by atomic mass is 16.5. The van der Waals surface area contributed by atoms with Gasteiger partial charge in [0.15, 0.2) is 0 Å². The van der Waals surface area contributed by atoms with E-state index in [-0.39, 0.29) is 6.10 Å². The Balaban J connectivity index is 2.81. The first-order valence-electron chi connectivity index (χ1n) is 5.69. The zero-order valence-corrected chi connectivity index (χ0v) is 9.89. The number of aromatic nitrogens is 1. The van der Waals surface area contributed by atoms with Crippen LogP contribution < -0.4 is 5.73 Å². The SMILES string of the molecule is CCCC(OCC)C(O)c1cnccc1N. The third kappa shape index (κ3) is 3.18. The molecular formula is C12H20N2O2. The van der Waals surface area contributed by atoms with Gasteiger partial charge in [-0.3, -0.25) is 4.98 Å². The molecule has 0 saturated carbocycles. The Labute approximate surface area is 96.5 Å². The van der Waals surface area contributed by atoms with Crippen molar-refractivity contribution in [2.75, 3.05) is 12.3 Å². The van der Waals surface area contributed by atoms with Gasteiger partial charge in [-0.25, -0.2) is 0 Å². The molecule has 0 saturated heterocycles. The summed E-state index contributed by atoms with van der Waals surface area (Å²) in [7, 11) is 0. The number of ether oxygens (including phenoxy) is 1. The number of aliphatic hydroxyl groups excluding tert-OH is 1. The maximum atomic E-state index is 10.2. The molecule has 4 nitrogen and oxygen atoms in total. The summed E-state index contributed by atoms with van der Waals surface area (Å²) in [6.45, 7) is 4.56. The molecule has 1 aromatic heterocycles. The van der Waals surface area contributed by atoms with Crippen LogP contribution in [-0.4, -0.2) is 22.8 Å². The lowest BCUT2D eigenvalue weighted by molar-refractivity contribution is -0.0382. The second kappa shape index (κ2) is 6.45. The van der Waals surface area contributed by atoms with E-state index in [1.165, 1.54) is 0 Å². The summed E-state index contributed by atoms with van der Waals surface area (Å²) in [5, 5.41) is 10.2.